The van der Waals surface area contributed by atoms with E-state index in [2.05, 4.69) is 17.2 Å². The molecule has 0 radical (unpaired) electrons. The Morgan fingerprint density at radius 1 is 1.07 bits per heavy atom. The summed E-state index contributed by atoms with van der Waals surface area (Å²) in [5.74, 6) is -1.12. The van der Waals surface area contributed by atoms with Crippen LogP contribution in [-0.4, -0.2) is 54.5 Å². The molecule has 3 heterocycles. The molecule has 7 heteroatoms. The van der Waals surface area contributed by atoms with Crippen LogP contribution in [0.1, 0.15) is 58.4 Å². The number of ether oxygens (including phenoxy) is 1. The quantitative estimate of drug-likeness (QED) is 0.564. The van der Waals surface area contributed by atoms with Gasteiger partial charge in [-0.25, -0.2) is 0 Å². The van der Waals surface area contributed by atoms with E-state index in [9.17, 15) is 14.4 Å². The third-order valence-corrected chi connectivity index (χ3v) is 5.87. The highest BCUT2D eigenvalue weighted by atomic mass is 16.5. The van der Waals surface area contributed by atoms with Crippen molar-refractivity contribution >= 4 is 17.7 Å². The highest BCUT2D eigenvalue weighted by Crippen LogP contribution is 2.29. The summed E-state index contributed by atoms with van der Waals surface area (Å²) in [6.07, 6.45) is 5.05. The van der Waals surface area contributed by atoms with Crippen molar-refractivity contribution in [1.29, 1.82) is 0 Å². The molecule has 154 valence electrons. The fraction of sp³-hybridized carbons (Fsp3) is 0.500. The standard InChI is InChI=1S/C22H27N3O4/c1-14-4-7-19(20(26)24-14)25-21(27)17-6-5-15(13-18(17)22(25)28)3-2-12-29-16-8-10-23-11-9-16/h5-6,13,16,19,23H,1-4,7-12H2,(H,24,26). The summed E-state index contributed by atoms with van der Waals surface area (Å²) in [7, 11) is 0. The first kappa shape index (κ1) is 19.8. The van der Waals surface area contributed by atoms with Crippen LogP contribution < -0.4 is 10.6 Å². The first-order valence-corrected chi connectivity index (χ1v) is 10.4. The molecule has 1 aromatic carbocycles. The summed E-state index contributed by atoms with van der Waals surface area (Å²) < 4.78 is 5.93. The van der Waals surface area contributed by atoms with Crippen molar-refractivity contribution in [2.24, 2.45) is 0 Å². The molecule has 3 aliphatic heterocycles. The molecule has 4 rings (SSSR count). The summed E-state index contributed by atoms with van der Waals surface area (Å²) in [6.45, 7) is 6.45. The van der Waals surface area contributed by atoms with Gasteiger partial charge in [-0.1, -0.05) is 12.6 Å². The van der Waals surface area contributed by atoms with E-state index < -0.39 is 11.9 Å². The topological polar surface area (TPSA) is 87.7 Å². The zero-order valence-electron chi connectivity index (χ0n) is 16.5. The number of piperidine rings is 2. The Morgan fingerprint density at radius 3 is 2.59 bits per heavy atom. The van der Waals surface area contributed by atoms with Gasteiger partial charge in [0.1, 0.15) is 6.04 Å². The van der Waals surface area contributed by atoms with E-state index in [0.717, 1.165) is 49.2 Å². The molecule has 3 aliphatic rings. The van der Waals surface area contributed by atoms with Crippen molar-refractivity contribution < 1.29 is 19.1 Å². The first-order chi connectivity index (χ1) is 14.0. The number of carbonyl (C=O) groups excluding carboxylic acids is 3. The Kier molecular flexibility index (Phi) is 5.78. The van der Waals surface area contributed by atoms with Crippen molar-refractivity contribution in [3.8, 4) is 0 Å². The number of nitrogens with zero attached hydrogens (tertiary/aromatic N) is 1. The van der Waals surface area contributed by atoms with Gasteiger partial charge in [0.15, 0.2) is 0 Å². The van der Waals surface area contributed by atoms with Crippen LogP contribution in [0, 0.1) is 0 Å². The van der Waals surface area contributed by atoms with E-state index in [4.69, 9.17) is 4.74 Å². The molecule has 1 aromatic rings. The number of nitrogens with one attached hydrogen (secondary N) is 2. The van der Waals surface area contributed by atoms with Gasteiger partial charge in [-0.2, -0.15) is 0 Å². The average Bonchev–Trinajstić information content (AvgIpc) is 2.96. The Balaban J connectivity index is 1.38. The highest BCUT2D eigenvalue weighted by molar-refractivity contribution is 6.23. The zero-order valence-corrected chi connectivity index (χ0v) is 16.5. The van der Waals surface area contributed by atoms with Gasteiger partial charge in [-0.15, -0.1) is 0 Å². The fourth-order valence-corrected chi connectivity index (χ4v) is 4.24. The van der Waals surface area contributed by atoms with E-state index in [-0.39, 0.29) is 11.8 Å². The number of benzene rings is 1. The Morgan fingerprint density at radius 2 is 1.83 bits per heavy atom. The Labute approximate surface area is 170 Å². The monoisotopic (exact) mass is 397 g/mol. The Hall–Kier alpha value is -2.51. The molecular weight excluding hydrogens is 370 g/mol. The summed E-state index contributed by atoms with van der Waals surface area (Å²) in [5.41, 5.74) is 2.39. The van der Waals surface area contributed by atoms with Crippen LogP contribution in [0.25, 0.3) is 0 Å². The molecule has 2 saturated heterocycles. The second kappa shape index (κ2) is 8.47. The SMILES string of the molecule is C=C1CCC(N2C(=O)c3ccc(CCCOC4CCNCC4)cc3C2=O)C(=O)N1. The second-order valence-corrected chi connectivity index (χ2v) is 7.93. The number of amides is 3. The van der Waals surface area contributed by atoms with Gasteiger partial charge in [0.2, 0.25) is 5.91 Å². The molecule has 0 saturated carbocycles. The average molecular weight is 397 g/mol. The van der Waals surface area contributed by atoms with Crippen LogP contribution in [0.5, 0.6) is 0 Å². The van der Waals surface area contributed by atoms with Crippen molar-refractivity contribution in [2.45, 2.75) is 50.7 Å². The summed E-state index contributed by atoms with van der Waals surface area (Å²) >= 11 is 0. The minimum absolute atomic E-state index is 0.335. The molecule has 0 spiro atoms. The largest absolute Gasteiger partial charge is 0.378 e. The number of hydrogen-bond donors (Lipinski definition) is 2. The van der Waals surface area contributed by atoms with E-state index in [1.807, 2.05) is 6.07 Å². The minimum atomic E-state index is -0.769. The van der Waals surface area contributed by atoms with Crippen LogP contribution in [0.2, 0.25) is 0 Å². The third kappa shape index (κ3) is 4.11. The minimum Gasteiger partial charge on any atom is -0.378 e. The number of fused-ring (bicyclic) bond motifs is 1. The normalized spacial score (nSPS) is 22.8. The van der Waals surface area contributed by atoms with Gasteiger partial charge in [-0.05, 0) is 69.3 Å². The van der Waals surface area contributed by atoms with Crippen molar-refractivity contribution in [3.05, 3.63) is 47.2 Å². The highest BCUT2D eigenvalue weighted by Gasteiger charge is 2.43. The lowest BCUT2D eigenvalue weighted by Gasteiger charge is -2.29. The molecule has 1 unspecified atom stereocenters. The second-order valence-electron chi connectivity index (χ2n) is 7.93. The van der Waals surface area contributed by atoms with Crippen LogP contribution in [-0.2, 0) is 16.0 Å². The van der Waals surface area contributed by atoms with Gasteiger partial charge >= 0.3 is 0 Å². The number of rotatable bonds is 6. The predicted octanol–water partition coefficient (Wildman–Crippen LogP) is 1.78. The summed E-state index contributed by atoms with van der Waals surface area (Å²) in [6, 6.07) is 4.62. The molecule has 2 N–H and O–H groups in total. The van der Waals surface area contributed by atoms with E-state index in [1.165, 1.54) is 0 Å². The molecule has 0 aromatic heterocycles. The maximum atomic E-state index is 12.9. The van der Waals surface area contributed by atoms with Crippen molar-refractivity contribution in [1.82, 2.24) is 15.5 Å². The first-order valence-electron chi connectivity index (χ1n) is 10.4. The molecule has 7 nitrogen and oxygen atoms in total. The fourth-order valence-electron chi connectivity index (χ4n) is 4.24. The molecule has 29 heavy (non-hydrogen) atoms. The molecule has 2 fully saturated rings. The smallest absolute Gasteiger partial charge is 0.262 e. The number of hydrogen-bond acceptors (Lipinski definition) is 5. The lowest BCUT2D eigenvalue weighted by molar-refractivity contribution is -0.125. The zero-order chi connectivity index (χ0) is 20.4. The maximum absolute atomic E-state index is 12.9. The molecular formula is C22H27N3O4. The van der Waals surface area contributed by atoms with Crippen LogP contribution in [0.4, 0.5) is 0 Å². The maximum Gasteiger partial charge on any atom is 0.262 e. The van der Waals surface area contributed by atoms with Gasteiger partial charge in [0.25, 0.3) is 11.8 Å². The predicted molar refractivity (Wildman–Crippen MR) is 107 cm³/mol. The van der Waals surface area contributed by atoms with Gasteiger partial charge in [-0.3, -0.25) is 19.3 Å². The van der Waals surface area contributed by atoms with Crippen LogP contribution >= 0.6 is 0 Å². The van der Waals surface area contributed by atoms with Gasteiger partial charge in [0, 0.05) is 12.3 Å². The molecule has 1 atom stereocenters. The van der Waals surface area contributed by atoms with Gasteiger partial charge < -0.3 is 15.4 Å². The molecule has 0 aliphatic carbocycles. The number of aryl methyl sites for hydroxylation is 1. The molecule has 0 bridgehead atoms. The Bertz CT molecular complexity index is 844. The lowest BCUT2D eigenvalue weighted by Crippen LogP contribution is -2.51. The van der Waals surface area contributed by atoms with E-state index in [0.29, 0.717) is 42.4 Å². The molecule has 3 amide bonds. The number of allylic oxidation sites excluding steroid dienone is 1. The van der Waals surface area contributed by atoms with Gasteiger partial charge in [0.05, 0.1) is 17.2 Å². The van der Waals surface area contributed by atoms with E-state index in [1.54, 1.807) is 12.1 Å². The van der Waals surface area contributed by atoms with Crippen LogP contribution in [0.15, 0.2) is 30.5 Å². The van der Waals surface area contributed by atoms with Crippen molar-refractivity contribution in [2.75, 3.05) is 19.7 Å². The lowest BCUT2D eigenvalue weighted by atomic mass is 10.0. The summed E-state index contributed by atoms with van der Waals surface area (Å²) in [4.78, 5) is 39.0. The number of imide groups is 1. The van der Waals surface area contributed by atoms with E-state index >= 15 is 0 Å². The summed E-state index contributed by atoms with van der Waals surface area (Å²) in [5, 5.41) is 5.97. The third-order valence-electron chi connectivity index (χ3n) is 5.87. The van der Waals surface area contributed by atoms with Crippen LogP contribution in [0.3, 0.4) is 0 Å². The number of carbonyl (C=O) groups is 3. The van der Waals surface area contributed by atoms with Crippen molar-refractivity contribution in [3.63, 3.8) is 0 Å².